The van der Waals surface area contributed by atoms with Crippen LogP contribution < -0.4 is 4.74 Å². The Morgan fingerprint density at radius 1 is 1.21 bits per heavy atom. The van der Waals surface area contributed by atoms with Crippen LogP contribution in [0.3, 0.4) is 0 Å². The van der Waals surface area contributed by atoms with Crippen molar-refractivity contribution < 1.29 is 17.9 Å². The maximum Gasteiger partial charge on any atom is 0.418 e. The van der Waals surface area contributed by atoms with Crippen molar-refractivity contribution in [3.8, 4) is 5.75 Å². The summed E-state index contributed by atoms with van der Waals surface area (Å²) in [7, 11) is 0. The van der Waals surface area contributed by atoms with Gasteiger partial charge in [0.1, 0.15) is 5.75 Å². The molecule has 0 atom stereocenters. The topological polar surface area (TPSA) is 22.1 Å². The second kappa shape index (κ2) is 5.07. The van der Waals surface area contributed by atoms with E-state index in [-0.39, 0.29) is 5.52 Å². The van der Waals surface area contributed by atoms with Crippen LogP contribution in [-0.4, -0.2) is 11.6 Å². The molecule has 1 aromatic carbocycles. The van der Waals surface area contributed by atoms with Crippen LogP contribution in [0, 0.1) is 5.92 Å². The van der Waals surface area contributed by atoms with E-state index in [0.717, 1.165) is 6.07 Å². The number of benzene rings is 1. The molecule has 0 aliphatic rings. The number of para-hydroxylation sites is 1. The molecule has 0 aliphatic heterocycles. The van der Waals surface area contributed by atoms with Gasteiger partial charge < -0.3 is 4.74 Å². The lowest BCUT2D eigenvalue weighted by Gasteiger charge is -2.13. The first-order valence-corrected chi connectivity index (χ1v) is 5.97. The summed E-state index contributed by atoms with van der Waals surface area (Å²) in [6.45, 7) is 4.41. The lowest BCUT2D eigenvalue weighted by Crippen LogP contribution is -2.08. The summed E-state index contributed by atoms with van der Waals surface area (Å²) in [6.07, 6.45) is -3.07. The zero-order valence-electron chi connectivity index (χ0n) is 10.7. The number of halogens is 3. The molecule has 0 radical (unpaired) electrons. The van der Waals surface area contributed by atoms with Crippen LogP contribution in [0.15, 0.2) is 30.5 Å². The highest BCUT2D eigenvalue weighted by Crippen LogP contribution is 2.36. The summed E-state index contributed by atoms with van der Waals surface area (Å²) in [4.78, 5) is 3.84. The van der Waals surface area contributed by atoms with Gasteiger partial charge in [0.25, 0.3) is 0 Å². The molecule has 19 heavy (non-hydrogen) atoms. The minimum absolute atomic E-state index is 0.0729. The lowest BCUT2D eigenvalue weighted by atomic mass is 10.1. The molecule has 0 saturated heterocycles. The average molecular weight is 269 g/mol. The fraction of sp³-hybridized carbons (Fsp3) is 0.357. The third-order valence-corrected chi connectivity index (χ3v) is 2.61. The van der Waals surface area contributed by atoms with Crippen LogP contribution in [0.1, 0.15) is 19.4 Å². The van der Waals surface area contributed by atoms with E-state index < -0.39 is 11.7 Å². The fourth-order valence-corrected chi connectivity index (χ4v) is 1.76. The second-order valence-electron chi connectivity index (χ2n) is 4.71. The van der Waals surface area contributed by atoms with Gasteiger partial charge in [0, 0.05) is 11.6 Å². The fourth-order valence-electron chi connectivity index (χ4n) is 1.76. The number of alkyl halides is 3. The normalized spacial score (nSPS) is 12.1. The van der Waals surface area contributed by atoms with Crippen molar-refractivity contribution in [3.05, 3.63) is 36.0 Å². The van der Waals surface area contributed by atoms with Gasteiger partial charge in [-0.15, -0.1) is 0 Å². The van der Waals surface area contributed by atoms with Gasteiger partial charge in [-0.1, -0.05) is 19.9 Å². The smallest absolute Gasteiger partial charge is 0.418 e. The van der Waals surface area contributed by atoms with Crippen molar-refractivity contribution in [1.29, 1.82) is 0 Å². The van der Waals surface area contributed by atoms with Gasteiger partial charge in [0.2, 0.25) is 0 Å². The van der Waals surface area contributed by atoms with Crippen molar-refractivity contribution in [2.45, 2.75) is 20.0 Å². The molecule has 1 heterocycles. The molecule has 1 aromatic heterocycles. The quantitative estimate of drug-likeness (QED) is 0.829. The number of nitrogens with zero attached hydrogens (tertiary/aromatic N) is 1. The minimum Gasteiger partial charge on any atom is -0.493 e. The Bertz CT molecular complexity index is 578. The Kier molecular flexibility index (Phi) is 3.64. The molecule has 2 aromatic rings. The molecular formula is C14H14F3NO. The van der Waals surface area contributed by atoms with E-state index in [9.17, 15) is 13.2 Å². The summed E-state index contributed by atoms with van der Waals surface area (Å²) >= 11 is 0. The van der Waals surface area contributed by atoms with Gasteiger partial charge in [0.15, 0.2) is 0 Å². The van der Waals surface area contributed by atoms with Crippen molar-refractivity contribution in [1.82, 2.24) is 4.98 Å². The van der Waals surface area contributed by atoms with Crippen LogP contribution in [0.2, 0.25) is 0 Å². The average Bonchev–Trinajstić information content (AvgIpc) is 2.34. The van der Waals surface area contributed by atoms with E-state index in [0.29, 0.717) is 23.7 Å². The highest BCUT2D eigenvalue weighted by molar-refractivity contribution is 5.87. The molecule has 0 fully saturated rings. The van der Waals surface area contributed by atoms with E-state index in [1.807, 2.05) is 13.8 Å². The van der Waals surface area contributed by atoms with Gasteiger partial charge in [-0.25, -0.2) is 0 Å². The van der Waals surface area contributed by atoms with Crippen LogP contribution in [0.25, 0.3) is 10.9 Å². The second-order valence-corrected chi connectivity index (χ2v) is 4.71. The summed E-state index contributed by atoms with van der Waals surface area (Å²) in [5, 5.41) is 0.387. The summed E-state index contributed by atoms with van der Waals surface area (Å²) in [6, 6.07) is 5.58. The number of fused-ring (bicyclic) bond motifs is 1. The molecular weight excluding hydrogens is 255 g/mol. The number of hydrogen-bond donors (Lipinski definition) is 0. The molecule has 0 N–H and O–H groups in total. The van der Waals surface area contributed by atoms with Crippen molar-refractivity contribution in [2.75, 3.05) is 6.61 Å². The zero-order valence-corrected chi connectivity index (χ0v) is 10.7. The minimum atomic E-state index is -4.41. The molecule has 102 valence electrons. The maximum absolute atomic E-state index is 12.9. The van der Waals surface area contributed by atoms with Gasteiger partial charge in [-0.3, -0.25) is 4.98 Å². The van der Waals surface area contributed by atoms with Gasteiger partial charge >= 0.3 is 6.18 Å². The van der Waals surface area contributed by atoms with E-state index >= 15 is 0 Å². The molecule has 0 bridgehead atoms. The van der Waals surface area contributed by atoms with Crippen molar-refractivity contribution in [3.63, 3.8) is 0 Å². The first-order chi connectivity index (χ1) is 8.89. The molecule has 0 spiro atoms. The Hall–Kier alpha value is -1.78. The predicted octanol–water partition coefficient (Wildman–Crippen LogP) is 4.29. The van der Waals surface area contributed by atoms with Crippen molar-refractivity contribution >= 4 is 10.9 Å². The van der Waals surface area contributed by atoms with E-state index in [4.69, 9.17) is 4.74 Å². The monoisotopic (exact) mass is 269 g/mol. The molecule has 0 unspecified atom stereocenters. The van der Waals surface area contributed by atoms with Crippen molar-refractivity contribution in [2.24, 2.45) is 5.92 Å². The Balaban J connectivity index is 2.52. The van der Waals surface area contributed by atoms with Crippen LogP contribution in [-0.2, 0) is 6.18 Å². The number of hydrogen-bond acceptors (Lipinski definition) is 2. The SMILES string of the molecule is CC(C)COc1ccnc2c(C(F)(F)F)cccc12. The largest absolute Gasteiger partial charge is 0.493 e. The number of aromatic nitrogens is 1. The maximum atomic E-state index is 12.9. The molecule has 0 aliphatic carbocycles. The first-order valence-electron chi connectivity index (χ1n) is 5.97. The standard InChI is InChI=1S/C14H14F3NO/c1-9(2)8-19-12-6-7-18-13-10(12)4-3-5-11(13)14(15,16)17/h3-7,9H,8H2,1-2H3. The summed E-state index contributed by atoms with van der Waals surface area (Å²) < 4.78 is 44.2. The van der Waals surface area contributed by atoms with Crippen LogP contribution in [0.4, 0.5) is 13.2 Å². The lowest BCUT2D eigenvalue weighted by molar-refractivity contribution is -0.136. The highest BCUT2D eigenvalue weighted by atomic mass is 19.4. The van der Waals surface area contributed by atoms with Gasteiger partial charge in [0.05, 0.1) is 17.7 Å². The molecule has 2 nitrogen and oxygen atoms in total. The Morgan fingerprint density at radius 2 is 1.95 bits per heavy atom. The van der Waals surface area contributed by atoms with Crippen LogP contribution in [0.5, 0.6) is 5.75 Å². The third kappa shape index (κ3) is 2.97. The number of pyridine rings is 1. The predicted molar refractivity (Wildman–Crippen MR) is 67.1 cm³/mol. The first kappa shape index (κ1) is 13.6. The van der Waals surface area contributed by atoms with E-state index in [2.05, 4.69) is 4.98 Å². The van der Waals surface area contributed by atoms with Gasteiger partial charge in [-0.05, 0) is 24.1 Å². The van der Waals surface area contributed by atoms with E-state index in [1.165, 1.54) is 12.3 Å². The zero-order chi connectivity index (χ0) is 14.0. The molecule has 0 amide bonds. The molecule has 2 rings (SSSR count). The number of ether oxygens (including phenoxy) is 1. The molecule has 0 saturated carbocycles. The Labute approximate surface area is 109 Å². The van der Waals surface area contributed by atoms with E-state index in [1.54, 1.807) is 12.1 Å². The number of rotatable bonds is 3. The van der Waals surface area contributed by atoms with Gasteiger partial charge in [-0.2, -0.15) is 13.2 Å². The summed E-state index contributed by atoms with van der Waals surface area (Å²) in [5.74, 6) is 0.735. The van der Waals surface area contributed by atoms with Crippen LogP contribution >= 0.6 is 0 Å². The summed E-state index contributed by atoms with van der Waals surface area (Å²) in [5.41, 5.74) is -0.809. The molecule has 5 heteroatoms. The highest BCUT2D eigenvalue weighted by Gasteiger charge is 2.33. The third-order valence-electron chi connectivity index (χ3n) is 2.61. The Morgan fingerprint density at radius 3 is 2.58 bits per heavy atom.